The first-order valence-corrected chi connectivity index (χ1v) is 10.7. The summed E-state index contributed by atoms with van der Waals surface area (Å²) in [6.45, 7) is 5.61. The zero-order valence-electron chi connectivity index (χ0n) is 18.3. The number of alkyl carbamates (subject to hydrolysis) is 1. The van der Waals surface area contributed by atoms with E-state index in [1.54, 1.807) is 0 Å². The number of aromatic nitrogens is 3. The Kier molecular flexibility index (Phi) is 5.71. The number of carbonyl (C=O) groups excluding carboxylic acids is 1. The Hall–Kier alpha value is -3.29. The molecule has 0 unspecified atom stereocenters. The molecule has 3 aromatic rings. The molecule has 0 saturated heterocycles. The SMILES string of the molecule is CC(C)(C)OC(=O)NC1CCC(Nc2ccc3ncc(-c4ccc(N)cc4)n3n2)CC1. The van der Waals surface area contributed by atoms with Crippen molar-refractivity contribution in [3.8, 4) is 11.3 Å². The van der Waals surface area contributed by atoms with Gasteiger partial charge < -0.3 is 21.1 Å². The fourth-order valence-corrected chi connectivity index (χ4v) is 3.87. The van der Waals surface area contributed by atoms with Crippen LogP contribution in [0.3, 0.4) is 0 Å². The second-order valence-electron chi connectivity index (χ2n) is 9.09. The zero-order valence-corrected chi connectivity index (χ0v) is 18.3. The molecule has 1 aromatic carbocycles. The molecular formula is C23H30N6O2. The smallest absolute Gasteiger partial charge is 0.407 e. The van der Waals surface area contributed by atoms with E-state index in [1.165, 1.54) is 0 Å². The van der Waals surface area contributed by atoms with Gasteiger partial charge in [-0.05, 0) is 70.7 Å². The van der Waals surface area contributed by atoms with E-state index in [9.17, 15) is 4.79 Å². The Morgan fingerprint density at radius 2 is 1.74 bits per heavy atom. The Labute approximate surface area is 182 Å². The lowest BCUT2D eigenvalue weighted by atomic mass is 9.91. The summed E-state index contributed by atoms with van der Waals surface area (Å²) in [6.07, 6.45) is 5.20. The van der Waals surface area contributed by atoms with Crippen LogP contribution in [-0.2, 0) is 4.74 Å². The van der Waals surface area contributed by atoms with E-state index in [0.29, 0.717) is 6.04 Å². The van der Waals surface area contributed by atoms with Crippen molar-refractivity contribution in [1.29, 1.82) is 0 Å². The molecule has 1 fully saturated rings. The number of carbonyl (C=O) groups is 1. The standard InChI is InChI=1S/C23H30N6O2/c1-23(2,3)31-22(30)27-18-10-8-17(9-11-18)26-20-12-13-21-25-14-19(29(21)28-20)15-4-6-16(24)7-5-15/h4-7,12-14,17-18H,8-11,24H2,1-3H3,(H,26,28)(H,27,30). The highest BCUT2D eigenvalue weighted by atomic mass is 16.6. The lowest BCUT2D eigenvalue weighted by Crippen LogP contribution is -2.42. The predicted molar refractivity (Wildman–Crippen MR) is 122 cm³/mol. The number of fused-ring (bicyclic) bond motifs is 1. The van der Waals surface area contributed by atoms with Crippen LogP contribution in [0.15, 0.2) is 42.6 Å². The molecule has 0 bridgehead atoms. The molecule has 1 aliphatic carbocycles. The molecule has 8 nitrogen and oxygen atoms in total. The van der Waals surface area contributed by atoms with Crippen molar-refractivity contribution in [3.63, 3.8) is 0 Å². The Balaban J connectivity index is 1.38. The maximum atomic E-state index is 12.0. The Morgan fingerprint density at radius 3 is 2.42 bits per heavy atom. The average Bonchev–Trinajstić information content (AvgIpc) is 3.12. The normalized spacial score (nSPS) is 19.2. The number of nitrogens with one attached hydrogen (secondary N) is 2. The summed E-state index contributed by atoms with van der Waals surface area (Å²) in [5.41, 5.74) is 8.78. The molecule has 0 atom stereocenters. The molecule has 4 N–H and O–H groups in total. The number of nitrogens with two attached hydrogens (primary N) is 1. The van der Waals surface area contributed by atoms with Gasteiger partial charge in [0, 0.05) is 23.3 Å². The van der Waals surface area contributed by atoms with Gasteiger partial charge in [-0.2, -0.15) is 0 Å². The van der Waals surface area contributed by atoms with E-state index in [2.05, 4.69) is 15.6 Å². The molecule has 31 heavy (non-hydrogen) atoms. The number of nitrogens with zero attached hydrogens (tertiary/aromatic N) is 3. The first kappa shape index (κ1) is 21.0. The summed E-state index contributed by atoms with van der Waals surface area (Å²) in [5, 5.41) is 11.3. The van der Waals surface area contributed by atoms with Gasteiger partial charge in [-0.3, -0.25) is 0 Å². The molecule has 0 spiro atoms. The van der Waals surface area contributed by atoms with Crippen molar-refractivity contribution < 1.29 is 9.53 Å². The summed E-state index contributed by atoms with van der Waals surface area (Å²) in [4.78, 5) is 16.4. The third-order valence-electron chi connectivity index (χ3n) is 5.37. The second-order valence-corrected chi connectivity index (χ2v) is 9.09. The van der Waals surface area contributed by atoms with Gasteiger partial charge in [-0.15, -0.1) is 5.10 Å². The van der Waals surface area contributed by atoms with Crippen LogP contribution in [0.4, 0.5) is 16.3 Å². The lowest BCUT2D eigenvalue weighted by Gasteiger charge is -2.30. The minimum atomic E-state index is -0.480. The summed E-state index contributed by atoms with van der Waals surface area (Å²) < 4.78 is 7.21. The summed E-state index contributed by atoms with van der Waals surface area (Å²) in [6, 6.07) is 12.1. The van der Waals surface area contributed by atoms with Gasteiger partial charge in [0.15, 0.2) is 5.65 Å². The number of imidazole rings is 1. The van der Waals surface area contributed by atoms with Crippen LogP contribution < -0.4 is 16.4 Å². The van der Waals surface area contributed by atoms with Gasteiger partial charge in [-0.1, -0.05) is 12.1 Å². The van der Waals surface area contributed by atoms with E-state index < -0.39 is 5.60 Å². The van der Waals surface area contributed by atoms with Crippen molar-refractivity contribution in [2.75, 3.05) is 11.1 Å². The molecule has 1 amide bonds. The van der Waals surface area contributed by atoms with E-state index in [0.717, 1.165) is 54.1 Å². The van der Waals surface area contributed by atoms with Crippen LogP contribution in [0.1, 0.15) is 46.5 Å². The second kappa shape index (κ2) is 8.45. The summed E-state index contributed by atoms with van der Waals surface area (Å²) >= 11 is 0. The fourth-order valence-electron chi connectivity index (χ4n) is 3.87. The van der Waals surface area contributed by atoms with Crippen molar-refractivity contribution in [3.05, 3.63) is 42.6 Å². The number of anilines is 2. The topological polar surface area (TPSA) is 107 Å². The number of nitrogen functional groups attached to an aromatic ring is 1. The van der Waals surface area contributed by atoms with E-state index >= 15 is 0 Å². The van der Waals surface area contributed by atoms with Crippen molar-refractivity contribution in [2.24, 2.45) is 0 Å². The first-order chi connectivity index (χ1) is 14.8. The summed E-state index contributed by atoms with van der Waals surface area (Å²) in [7, 11) is 0. The van der Waals surface area contributed by atoms with Gasteiger partial charge >= 0.3 is 6.09 Å². The monoisotopic (exact) mass is 422 g/mol. The highest BCUT2D eigenvalue weighted by Gasteiger charge is 2.25. The van der Waals surface area contributed by atoms with Crippen LogP contribution in [-0.4, -0.2) is 38.4 Å². The number of benzene rings is 1. The largest absolute Gasteiger partial charge is 0.444 e. The van der Waals surface area contributed by atoms with Crippen LogP contribution in [0.25, 0.3) is 16.9 Å². The maximum Gasteiger partial charge on any atom is 0.407 e. The van der Waals surface area contributed by atoms with E-state index in [1.807, 2.05) is 67.9 Å². The minimum Gasteiger partial charge on any atom is -0.444 e. The predicted octanol–water partition coefficient (Wildman–Crippen LogP) is 4.23. The van der Waals surface area contributed by atoms with Gasteiger partial charge in [0.1, 0.15) is 11.4 Å². The molecule has 1 saturated carbocycles. The van der Waals surface area contributed by atoms with Crippen molar-refractivity contribution in [1.82, 2.24) is 19.9 Å². The third-order valence-corrected chi connectivity index (χ3v) is 5.37. The number of ether oxygens (including phenoxy) is 1. The molecule has 8 heteroatoms. The van der Waals surface area contributed by atoms with E-state index in [4.69, 9.17) is 15.6 Å². The number of amides is 1. The van der Waals surface area contributed by atoms with E-state index in [-0.39, 0.29) is 12.1 Å². The Bertz CT molecular complexity index is 1050. The van der Waals surface area contributed by atoms with Gasteiger partial charge in [0.2, 0.25) is 0 Å². The molecule has 0 aliphatic heterocycles. The zero-order chi connectivity index (χ0) is 22.0. The molecular weight excluding hydrogens is 392 g/mol. The average molecular weight is 423 g/mol. The van der Waals surface area contributed by atoms with Crippen molar-refractivity contribution >= 4 is 23.2 Å². The van der Waals surface area contributed by atoms with Crippen LogP contribution >= 0.6 is 0 Å². The lowest BCUT2D eigenvalue weighted by molar-refractivity contribution is 0.0492. The highest BCUT2D eigenvalue weighted by molar-refractivity contribution is 5.68. The van der Waals surface area contributed by atoms with Gasteiger partial charge in [0.05, 0.1) is 11.9 Å². The quantitative estimate of drug-likeness (QED) is 0.543. The molecule has 4 rings (SSSR count). The van der Waals surface area contributed by atoms with Crippen LogP contribution in [0, 0.1) is 0 Å². The minimum absolute atomic E-state index is 0.147. The molecule has 2 aromatic heterocycles. The molecule has 2 heterocycles. The molecule has 164 valence electrons. The van der Waals surface area contributed by atoms with Crippen LogP contribution in [0.5, 0.6) is 0 Å². The summed E-state index contributed by atoms with van der Waals surface area (Å²) in [5.74, 6) is 0.811. The maximum absolute atomic E-state index is 12.0. The number of hydrogen-bond acceptors (Lipinski definition) is 6. The van der Waals surface area contributed by atoms with Gasteiger partial charge in [0.25, 0.3) is 0 Å². The number of hydrogen-bond donors (Lipinski definition) is 3. The molecule has 0 radical (unpaired) electrons. The number of rotatable bonds is 4. The highest BCUT2D eigenvalue weighted by Crippen LogP contribution is 2.24. The van der Waals surface area contributed by atoms with Gasteiger partial charge in [-0.25, -0.2) is 14.3 Å². The fraction of sp³-hybridized carbons (Fsp3) is 0.435. The first-order valence-electron chi connectivity index (χ1n) is 10.7. The Morgan fingerprint density at radius 1 is 1.06 bits per heavy atom. The third kappa shape index (κ3) is 5.25. The van der Waals surface area contributed by atoms with Crippen LogP contribution in [0.2, 0.25) is 0 Å². The molecule has 1 aliphatic rings. The van der Waals surface area contributed by atoms with Crippen molar-refractivity contribution in [2.45, 2.75) is 64.1 Å².